The van der Waals surface area contributed by atoms with Crippen molar-refractivity contribution in [2.24, 2.45) is 4.99 Å². The van der Waals surface area contributed by atoms with Crippen molar-refractivity contribution in [1.82, 2.24) is 0 Å². The van der Waals surface area contributed by atoms with Crippen molar-refractivity contribution in [2.45, 2.75) is 19.8 Å². The Bertz CT molecular complexity index is 1160. The Labute approximate surface area is 180 Å². The predicted octanol–water partition coefficient (Wildman–Crippen LogP) is 4.88. The van der Waals surface area contributed by atoms with E-state index >= 15 is 0 Å². The summed E-state index contributed by atoms with van der Waals surface area (Å²) < 4.78 is 13.9. The number of anilines is 2. The zero-order chi connectivity index (χ0) is 21.8. The van der Waals surface area contributed by atoms with Crippen LogP contribution in [0, 0.1) is 5.82 Å². The molecule has 0 fully saturated rings. The lowest BCUT2D eigenvalue weighted by molar-refractivity contribution is -0.120. The van der Waals surface area contributed by atoms with Crippen LogP contribution in [-0.4, -0.2) is 24.1 Å². The van der Waals surface area contributed by atoms with Gasteiger partial charge in [0.2, 0.25) is 11.8 Å². The highest BCUT2D eigenvalue weighted by Gasteiger charge is 2.26. The monoisotopic (exact) mass is 415 g/mol. The van der Waals surface area contributed by atoms with E-state index in [2.05, 4.69) is 12.2 Å². The molecule has 1 N–H and O–H groups in total. The molecule has 0 saturated heterocycles. The lowest BCUT2D eigenvalue weighted by atomic mass is 10.0. The van der Waals surface area contributed by atoms with Crippen LogP contribution in [0.25, 0.3) is 0 Å². The van der Waals surface area contributed by atoms with Crippen LogP contribution in [0.3, 0.4) is 0 Å². The van der Waals surface area contributed by atoms with Crippen LogP contribution in [0.5, 0.6) is 0 Å². The first-order valence-corrected chi connectivity index (χ1v) is 10.2. The summed E-state index contributed by atoms with van der Waals surface area (Å²) in [5.41, 5.74) is 3.97. The van der Waals surface area contributed by atoms with Gasteiger partial charge in [0.15, 0.2) is 0 Å². The summed E-state index contributed by atoms with van der Waals surface area (Å²) in [5.74, 6) is -1.25. The minimum absolute atomic E-state index is 0.0626. The molecule has 1 aliphatic heterocycles. The molecule has 0 radical (unpaired) electrons. The first-order valence-electron chi connectivity index (χ1n) is 10.2. The summed E-state index contributed by atoms with van der Waals surface area (Å²) in [6, 6.07) is 21.1. The average molecular weight is 415 g/mol. The van der Waals surface area contributed by atoms with Gasteiger partial charge in [-0.15, -0.1) is 0 Å². The Morgan fingerprint density at radius 2 is 1.74 bits per heavy atom. The van der Waals surface area contributed by atoms with E-state index in [1.54, 1.807) is 24.3 Å². The van der Waals surface area contributed by atoms with E-state index in [0.29, 0.717) is 17.1 Å². The topological polar surface area (TPSA) is 61.8 Å². The van der Waals surface area contributed by atoms with Gasteiger partial charge in [0.25, 0.3) is 0 Å². The number of aryl methyl sites for hydroxylation is 1. The second kappa shape index (κ2) is 8.92. The quantitative estimate of drug-likeness (QED) is 0.645. The highest BCUT2D eigenvalue weighted by molar-refractivity contribution is 6.19. The van der Waals surface area contributed by atoms with Gasteiger partial charge in [-0.05, 0) is 41.8 Å². The molecule has 3 aromatic carbocycles. The number of rotatable bonds is 5. The number of para-hydroxylation sites is 3. The van der Waals surface area contributed by atoms with Crippen molar-refractivity contribution in [1.29, 1.82) is 0 Å². The number of amides is 2. The third kappa shape index (κ3) is 4.53. The van der Waals surface area contributed by atoms with Crippen molar-refractivity contribution in [3.05, 3.63) is 89.7 Å². The molecular formula is C25H22FN3O2. The molecule has 3 aromatic rings. The lowest BCUT2D eigenvalue weighted by Gasteiger charge is -2.22. The number of nitrogens with zero attached hydrogens (tertiary/aromatic N) is 2. The zero-order valence-electron chi connectivity index (χ0n) is 17.1. The number of carbonyl (C=O) groups is 2. The van der Waals surface area contributed by atoms with Gasteiger partial charge in [0.1, 0.15) is 12.4 Å². The average Bonchev–Trinajstić information content (AvgIpc) is 2.92. The molecular weight excluding hydrogens is 393 g/mol. The number of halogens is 1. The van der Waals surface area contributed by atoms with Crippen LogP contribution >= 0.6 is 0 Å². The van der Waals surface area contributed by atoms with Crippen LogP contribution in [0.15, 0.2) is 77.8 Å². The van der Waals surface area contributed by atoms with Crippen molar-refractivity contribution in [3.8, 4) is 0 Å². The van der Waals surface area contributed by atoms with Gasteiger partial charge in [-0.25, -0.2) is 4.39 Å². The fourth-order valence-electron chi connectivity index (χ4n) is 3.51. The van der Waals surface area contributed by atoms with Crippen LogP contribution < -0.4 is 10.2 Å². The van der Waals surface area contributed by atoms with Gasteiger partial charge in [-0.2, -0.15) is 0 Å². The van der Waals surface area contributed by atoms with Gasteiger partial charge in [-0.3, -0.25) is 14.6 Å². The summed E-state index contributed by atoms with van der Waals surface area (Å²) in [6.07, 6.45) is 0.993. The highest BCUT2D eigenvalue weighted by atomic mass is 19.1. The van der Waals surface area contributed by atoms with E-state index in [1.807, 2.05) is 36.4 Å². The van der Waals surface area contributed by atoms with E-state index in [9.17, 15) is 14.0 Å². The molecule has 0 atom stereocenters. The fraction of sp³-hybridized carbons (Fsp3) is 0.160. The molecule has 0 spiro atoms. The molecule has 0 aliphatic carbocycles. The standard InChI is InChI=1S/C25H22FN3O2/c1-2-17-11-13-18(14-12-17)22-15-25(31)29(23-10-6-5-9-21(23)27-22)16-24(30)28-20-8-4-3-7-19(20)26/h3-14H,2,15-16H2,1H3,(H,28,30). The molecule has 0 aromatic heterocycles. The Hall–Kier alpha value is -3.80. The number of nitrogens with one attached hydrogen (secondary N) is 1. The zero-order valence-corrected chi connectivity index (χ0v) is 17.1. The molecule has 0 saturated carbocycles. The van der Waals surface area contributed by atoms with E-state index < -0.39 is 11.7 Å². The summed E-state index contributed by atoms with van der Waals surface area (Å²) >= 11 is 0. The molecule has 4 rings (SSSR count). The van der Waals surface area contributed by atoms with E-state index in [0.717, 1.165) is 12.0 Å². The molecule has 156 valence electrons. The van der Waals surface area contributed by atoms with Crippen molar-refractivity contribution in [2.75, 3.05) is 16.8 Å². The molecule has 1 heterocycles. The van der Waals surface area contributed by atoms with E-state index in [4.69, 9.17) is 4.99 Å². The number of hydrogen-bond donors (Lipinski definition) is 1. The largest absolute Gasteiger partial charge is 0.322 e. The molecule has 0 unspecified atom stereocenters. The Morgan fingerprint density at radius 1 is 1.03 bits per heavy atom. The van der Waals surface area contributed by atoms with Gasteiger partial charge in [0.05, 0.1) is 29.2 Å². The van der Waals surface area contributed by atoms with Gasteiger partial charge in [0, 0.05) is 0 Å². The minimum atomic E-state index is -0.528. The summed E-state index contributed by atoms with van der Waals surface area (Å²) in [7, 11) is 0. The number of hydrogen-bond acceptors (Lipinski definition) is 3. The number of fused-ring (bicyclic) bond motifs is 1. The second-order valence-corrected chi connectivity index (χ2v) is 7.28. The summed E-state index contributed by atoms with van der Waals surface area (Å²) in [4.78, 5) is 31.9. The maximum absolute atomic E-state index is 13.9. The van der Waals surface area contributed by atoms with Crippen LogP contribution in [-0.2, 0) is 16.0 Å². The third-order valence-corrected chi connectivity index (χ3v) is 5.19. The van der Waals surface area contributed by atoms with E-state index in [-0.39, 0.29) is 24.6 Å². The van der Waals surface area contributed by atoms with Crippen LogP contribution in [0.1, 0.15) is 24.5 Å². The number of aliphatic imine (C=N–C) groups is 1. The smallest absolute Gasteiger partial charge is 0.244 e. The summed E-state index contributed by atoms with van der Waals surface area (Å²) in [5, 5.41) is 2.54. The third-order valence-electron chi connectivity index (χ3n) is 5.19. The lowest BCUT2D eigenvalue weighted by Crippen LogP contribution is -2.38. The first kappa shape index (κ1) is 20.5. The van der Waals surface area contributed by atoms with Gasteiger partial charge < -0.3 is 10.2 Å². The molecule has 1 aliphatic rings. The Morgan fingerprint density at radius 3 is 2.48 bits per heavy atom. The highest BCUT2D eigenvalue weighted by Crippen LogP contribution is 2.33. The number of carbonyl (C=O) groups excluding carboxylic acids is 2. The second-order valence-electron chi connectivity index (χ2n) is 7.28. The molecule has 2 amide bonds. The Kier molecular flexibility index (Phi) is 5.89. The maximum atomic E-state index is 13.9. The number of benzene rings is 3. The van der Waals surface area contributed by atoms with Crippen LogP contribution in [0.4, 0.5) is 21.5 Å². The predicted molar refractivity (Wildman–Crippen MR) is 120 cm³/mol. The maximum Gasteiger partial charge on any atom is 0.244 e. The summed E-state index contributed by atoms with van der Waals surface area (Å²) in [6.45, 7) is 1.85. The van der Waals surface area contributed by atoms with Crippen molar-refractivity contribution in [3.63, 3.8) is 0 Å². The Balaban J connectivity index is 1.61. The molecule has 5 nitrogen and oxygen atoms in total. The molecule has 6 heteroatoms. The minimum Gasteiger partial charge on any atom is -0.322 e. The van der Waals surface area contributed by atoms with Crippen molar-refractivity contribution >= 4 is 34.6 Å². The first-order chi connectivity index (χ1) is 15.0. The van der Waals surface area contributed by atoms with E-state index in [1.165, 1.54) is 22.6 Å². The molecule has 0 bridgehead atoms. The SMILES string of the molecule is CCc1ccc(C2=Nc3ccccc3N(CC(=O)Nc3ccccc3F)C(=O)C2)cc1. The molecule has 31 heavy (non-hydrogen) atoms. The van der Waals surface area contributed by atoms with Gasteiger partial charge in [-0.1, -0.05) is 55.5 Å². The fourth-order valence-corrected chi connectivity index (χ4v) is 3.51. The van der Waals surface area contributed by atoms with Crippen molar-refractivity contribution < 1.29 is 14.0 Å². The van der Waals surface area contributed by atoms with Gasteiger partial charge >= 0.3 is 0 Å². The van der Waals surface area contributed by atoms with Crippen LogP contribution in [0.2, 0.25) is 0 Å². The normalized spacial score (nSPS) is 13.3.